The molecule has 0 saturated carbocycles. The van der Waals surface area contributed by atoms with E-state index in [2.05, 4.69) is 18.7 Å². The van der Waals surface area contributed by atoms with Gasteiger partial charge < -0.3 is 14.4 Å². The van der Waals surface area contributed by atoms with Gasteiger partial charge in [-0.25, -0.2) is 8.42 Å². The fourth-order valence-electron chi connectivity index (χ4n) is 4.90. The Hall–Kier alpha value is -1.68. The van der Waals surface area contributed by atoms with Crippen LogP contribution in [0.15, 0.2) is 23.1 Å². The van der Waals surface area contributed by atoms with Gasteiger partial charge in [-0.05, 0) is 44.9 Å². The van der Waals surface area contributed by atoms with E-state index in [1.54, 1.807) is 26.0 Å². The molecule has 32 heavy (non-hydrogen) atoms. The molecule has 8 nitrogen and oxygen atoms in total. The lowest BCUT2D eigenvalue weighted by Gasteiger charge is -2.38. The van der Waals surface area contributed by atoms with Gasteiger partial charge in [0.05, 0.1) is 19.3 Å². The van der Waals surface area contributed by atoms with E-state index >= 15 is 0 Å². The van der Waals surface area contributed by atoms with E-state index in [1.165, 1.54) is 17.5 Å². The number of likely N-dealkylation sites (tertiary alicyclic amines) is 1. The summed E-state index contributed by atoms with van der Waals surface area (Å²) >= 11 is 0. The highest BCUT2D eigenvalue weighted by Crippen LogP contribution is 2.30. The Balaban J connectivity index is 1.83. The maximum Gasteiger partial charge on any atom is 0.254 e. The van der Waals surface area contributed by atoms with Crippen molar-refractivity contribution in [3.05, 3.63) is 23.8 Å². The quantitative estimate of drug-likeness (QED) is 0.584. The fourth-order valence-corrected chi connectivity index (χ4v) is 6.54. The molecule has 3 rings (SSSR count). The molecule has 2 fully saturated rings. The smallest absolute Gasteiger partial charge is 0.254 e. The number of carbonyl (C=O) groups excluding carboxylic acids is 1. The van der Waals surface area contributed by atoms with Crippen molar-refractivity contribution in [2.45, 2.75) is 63.7 Å². The first kappa shape index (κ1) is 25.0. The van der Waals surface area contributed by atoms with Crippen molar-refractivity contribution >= 4 is 15.9 Å². The van der Waals surface area contributed by atoms with Crippen molar-refractivity contribution in [2.24, 2.45) is 0 Å². The Kier molecular flexibility index (Phi) is 8.19. The minimum atomic E-state index is -3.76. The largest absolute Gasteiger partial charge is 0.495 e. The van der Waals surface area contributed by atoms with E-state index in [-0.39, 0.29) is 34.8 Å². The summed E-state index contributed by atoms with van der Waals surface area (Å²) in [6.07, 6.45) is 2.26. The second kappa shape index (κ2) is 10.5. The van der Waals surface area contributed by atoms with E-state index in [0.29, 0.717) is 25.2 Å². The molecule has 0 spiro atoms. The number of hydrogen-bond acceptors (Lipinski definition) is 6. The van der Waals surface area contributed by atoms with Gasteiger partial charge in [0.25, 0.3) is 5.91 Å². The van der Waals surface area contributed by atoms with Gasteiger partial charge in [0, 0.05) is 50.9 Å². The van der Waals surface area contributed by atoms with Crippen LogP contribution in [0.5, 0.6) is 5.75 Å². The summed E-state index contributed by atoms with van der Waals surface area (Å²) < 4.78 is 38.9. The average Bonchev–Trinajstić information content (AvgIpc) is 3.20. The van der Waals surface area contributed by atoms with Gasteiger partial charge in [0.15, 0.2) is 0 Å². The van der Waals surface area contributed by atoms with Crippen LogP contribution >= 0.6 is 0 Å². The average molecular weight is 468 g/mol. The normalized spacial score (nSPS) is 24.8. The molecule has 2 aliphatic rings. The lowest BCUT2D eigenvalue weighted by atomic mass is 10.1. The lowest BCUT2D eigenvalue weighted by Crippen LogP contribution is -2.50. The van der Waals surface area contributed by atoms with Crippen molar-refractivity contribution in [1.82, 2.24) is 14.1 Å². The van der Waals surface area contributed by atoms with Crippen LogP contribution < -0.4 is 4.74 Å². The molecular weight excluding hydrogens is 430 g/mol. The van der Waals surface area contributed by atoms with Gasteiger partial charge in [0.2, 0.25) is 10.0 Å². The first-order chi connectivity index (χ1) is 15.2. The number of sulfonamides is 1. The van der Waals surface area contributed by atoms with Crippen LogP contribution in [-0.2, 0) is 14.8 Å². The highest BCUT2D eigenvalue weighted by atomic mass is 32.2. The summed E-state index contributed by atoms with van der Waals surface area (Å²) in [4.78, 5) is 17.8. The maximum absolute atomic E-state index is 13.4. The molecule has 0 bridgehead atoms. The molecule has 0 N–H and O–H groups in total. The maximum atomic E-state index is 13.4. The lowest BCUT2D eigenvalue weighted by molar-refractivity contribution is -0.0715. The summed E-state index contributed by atoms with van der Waals surface area (Å²) in [6.45, 7) is 11.7. The molecule has 2 saturated heterocycles. The van der Waals surface area contributed by atoms with Crippen LogP contribution in [0.3, 0.4) is 0 Å². The molecule has 1 aromatic rings. The zero-order valence-corrected chi connectivity index (χ0v) is 20.7. The van der Waals surface area contributed by atoms with Gasteiger partial charge in [0.1, 0.15) is 10.6 Å². The van der Waals surface area contributed by atoms with Crippen molar-refractivity contribution in [1.29, 1.82) is 0 Å². The summed E-state index contributed by atoms with van der Waals surface area (Å²) in [5.41, 5.74) is 0.382. The fraction of sp³-hybridized carbons (Fsp3) is 0.696. The third-order valence-corrected chi connectivity index (χ3v) is 8.41. The van der Waals surface area contributed by atoms with Crippen molar-refractivity contribution < 1.29 is 22.7 Å². The number of nitrogens with zero attached hydrogens (tertiary/aromatic N) is 3. The summed E-state index contributed by atoms with van der Waals surface area (Å²) in [5, 5.41) is 0. The van der Waals surface area contributed by atoms with Crippen LogP contribution in [0.25, 0.3) is 0 Å². The molecule has 0 aliphatic carbocycles. The molecule has 2 aliphatic heterocycles. The summed E-state index contributed by atoms with van der Waals surface area (Å²) in [5.74, 6) is 0.128. The Bertz CT molecular complexity index is 893. The molecule has 9 heteroatoms. The number of benzene rings is 1. The van der Waals surface area contributed by atoms with E-state index < -0.39 is 10.0 Å². The minimum absolute atomic E-state index is 0.0427. The number of morpholine rings is 1. The second-order valence-corrected chi connectivity index (χ2v) is 10.6. The first-order valence-corrected chi connectivity index (χ1v) is 13.0. The predicted octanol–water partition coefficient (Wildman–Crippen LogP) is 2.44. The molecule has 0 radical (unpaired) electrons. The van der Waals surface area contributed by atoms with Crippen LogP contribution in [0, 0.1) is 0 Å². The molecule has 1 aromatic carbocycles. The number of methoxy groups -OCH3 is 1. The SMILES string of the molecule is CCN(CC)S(=O)(=O)c1cc(C(=O)N2CCCC2CN2CC(C)OC(C)C2)ccc1OC. The highest BCUT2D eigenvalue weighted by Gasteiger charge is 2.34. The zero-order chi connectivity index (χ0) is 23.5. The Morgan fingerprint density at radius 2 is 1.84 bits per heavy atom. The third-order valence-electron chi connectivity index (χ3n) is 6.34. The molecular formula is C23H37N3O5S. The number of rotatable bonds is 8. The molecule has 2 heterocycles. The number of carbonyl (C=O) groups is 1. The first-order valence-electron chi connectivity index (χ1n) is 11.6. The number of amides is 1. The Labute approximate surface area is 192 Å². The molecule has 0 aromatic heterocycles. The highest BCUT2D eigenvalue weighted by molar-refractivity contribution is 7.89. The zero-order valence-electron chi connectivity index (χ0n) is 19.9. The van der Waals surface area contributed by atoms with E-state index in [9.17, 15) is 13.2 Å². The van der Waals surface area contributed by atoms with Crippen LogP contribution in [0.2, 0.25) is 0 Å². The second-order valence-electron chi connectivity index (χ2n) is 8.73. The standard InChI is InChI=1S/C23H37N3O5S/c1-6-25(7-2)32(28,29)22-13-19(10-11-21(22)30-5)23(27)26-12-8-9-20(26)16-24-14-17(3)31-18(4)15-24/h10-11,13,17-18,20H,6-9,12,14-16H2,1-5H3. The Morgan fingerprint density at radius 3 is 2.44 bits per heavy atom. The summed E-state index contributed by atoms with van der Waals surface area (Å²) in [7, 11) is -2.31. The van der Waals surface area contributed by atoms with Crippen LogP contribution in [0.4, 0.5) is 0 Å². The van der Waals surface area contributed by atoms with Gasteiger partial charge in [-0.15, -0.1) is 0 Å². The van der Waals surface area contributed by atoms with Crippen molar-refractivity contribution in [2.75, 3.05) is 46.4 Å². The topological polar surface area (TPSA) is 79.4 Å². The van der Waals surface area contributed by atoms with Crippen LogP contribution in [0.1, 0.15) is 50.9 Å². The van der Waals surface area contributed by atoms with E-state index in [1.807, 2.05) is 4.90 Å². The molecule has 180 valence electrons. The molecule has 1 amide bonds. The van der Waals surface area contributed by atoms with Gasteiger partial charge in [-0.2, -0.15) is 4.31 Å². The Morgan fingerprint density at radius 1 is 1.19 bits per heavy atom. The molecule has 3 atom stereocenters. The van der Waals surface area contributed by atoms with Crippen molar-refractivity contribution in [3.8, 4) is 5.75 Å². The van der Waals surface area contributed by atoms with Gasteiger partial charge >= 0.3 is 0 Å². The van der Waals surface area contributed by atoms with Gasteiger partial charge in [-0.3, -0.25) is 9.69 Å². The number of ether oxygens (including phenoxy) is 2. The summed E-state index contributed by atoms with van der Waals surface area (Å²) in [6, 6.07) is 4.84. The third kappa shape index (κ3) is 5.27. The monoisotopic (exact) mass is 467 g/mol. The minimum Gasteiger partial charge on any atom is -0.495 e. The van der Waals surface area contributed by atoms with E-state index in [0.717, 1.165) is 32.5 Å². The number of hydrogen-bond donors (Lipinski definition) is 0. The van der Waals surface area contributed by atoms with E-state index in [4.69, 9.17) is 9.47 Å². The predicted molar refractivity (Wildman–Crippen MR) is 124 cm³/mol. The molecule has 3 unspecified atom stereocenters. The van der Waals surface area contributed by atoms with Crippen LogP contribution in [-0.4, -0.2) is 93.1 Å². The van der Waals surface area contributed by atoms with Crippen molar-refractivity contribution in [3.63, 3.8) is 0 Å². The van der Waals surface area contributed by atoms with Gasteiger partial charge in [-0.1, -0.05) is 13.8 Å².